The minimum Gasteiger partial charge on any atom is -0.481 e. The second kappa shape index (κ2) is 11.5. The molecule has 2 aliphatic rings. The van der Waals surface area contributed by atoms with Crippen LogP contribution in [0, 0.1) is 0 Å². The lowest BCUT2D eigenvalue weighted by Crippen LogP contribution is -2.56. The molecule has 11 heteroatoms. The zero-order valence-corrected chi connectivity index (χ0v) is 26.1. The van der Waals surface area contributed by atoms with E-state index in [1.165, 1.54) is 0 Å². The summed E-state index contributed by atoms with van der Waals surface area (Å²) in [5.74, 6) is 0.485. The van der Waals surface area contributed by atoms with Crippen molar-refractivity contribution in [2.45, 2.75) is 32.1 Å². The van der Waals surface area contributed by atoms with Crippen LogP contribution in [-0.4, -0.2) is 69.7 Å². The maximum absolute atomic E-state index is 14.0. The summed E-state index contributed by atoms with van der Waals surface area (Å²) in [4.78, 5) is 26.9. The first kappa shape index (κ1) is 29.6. The number of methoxy groups -OCH3 is 1. The van der Waals surface area contributed by atoms with Gasteiger partial charge < -0.3 is 19.5 Å². The first-order chi connectivity index (χ1) is 20.5. The van der Waals surface area contributed by atoms with Gasteiger partial charge in [-0.25, -0.2) is 14.4 Å². The molecular formula is C32H33Cl2FN6O2. The van der Waals surface area contributed by atoms with Gasteiger partial charge in [-0.1, -0.05) is 59.6 Å². The highest BCUT2D eigenvalue weighted by Crippen LogP contribution is 2.41. The normalized spacial score (nSPS) is 16.4. The van der Waals surface area contributed by atoms with Crippen molar-refractivity contribution in [3.8, 4) is 28.3 Å². The number of benzene rings is 2. The number of halogens is 3. The van der Waals surface area contributed by atoms with Gasteiger partial charge >= 0.3 is 0 Å². The highest BCUT2D eigenvalue weighted by molar-refractivity contribution is 6.39. The van der Waals surface area contributed by atoms with Crippen LogP contribution in [0.5, 0.6) is 5.88 Å². The van der Waals surface area contributed by atoms with Gasteiger partial charge in [0.25, 0.3) is 5.91 Å². The summed E-state index contributed by atoms with van der Waals surface area (Å²) in [6.07, 6.45) is 0.841. The van der Waals surface area contributed by atoms with Gasteiger partial charge in [0.1, 0.15) is 5.67 Å². The molecule has 6 rings (SSSR count). The van der Waals surface area contributed by atoms with E-state index in [1.807, 2.05) is 66.0 Å². The fraction of sp³-hybridized carbons (Fsp3) is 0.344. The number of anilines is 1. The van der Waals surface area contributed by atoms with Gasteiger partial charge in [0.05, 0.1) is 34.2 Å². The second-order valence-electron chi connectivity index (χ2n) is 11.6. The zero-order chi connectivity index (χ0) is 30.5. The van der Waals surface area contributed by atoms with Crippen molar-refractivity contribution in [3.63, 3.8) is 0 Å². The number of aromatic nitrogens is 3. The Labute approximate surface area is 260 Å². The maximum atomic E-state index is 14.0. The predicted molar refractivity (Wildman–Crippen MR) is 168 cm³/mol. The third kappa shape index (κ3) is 5.74. The van der Waals surface area contributed by atoms with E-state index in [0.29, 0.717) is 76.0 Å². The number of pyridine rings is 1. The van der Waals surface area contributed by atoms with E-state index in [-0.39, 0.29) is 5.91 Å². The van der Waals surface area contributed by atoms with Gasteiger partial charge in [-0.3, -0.25) is 9.69 Å². The van der Waals surface area contributed by atoms with Crippen molar-refractivity contribution in [2.24, 2.45) is 7.05 Å². The van der Waals surface area contributed by atoms with E-state index in [2.05, 4.69) is 15.2 Å². The van der Waals surface area contributed by atoms with E-state index in [0.717, 1.165) is 29.9 Å². The number of hydrogen-bond donors (Lipinski definition) is 1. The van der Waals surface area contributed by atoms with Crippen LogP contribution >= 0.6 is 23.2 Å². The summed E-state index contributed by atoms with van der Waals surface area (Å²) in [6, 6.07) is 14.9. The van der Waals surface area contributed by atoms with Crippen LogP contribution in [0.25, 0.3) is 22.4 Å². The molecule has 1 amide bonds. The van der Waals surface area contributed by atoms with E-state index in [9.17, 15) is 9.18 Å². The van der Waals surface area contributed by atoms with Crippen molar-refractivity contribution in [1.82, 2.24) is 24.3 Å². The molecule has 0 bridgehead atoms. The molecule has 4 heterocycles. The molecule has 224 valence electrons. The van der Waals surface area contributed by atoms with Crippen LogP contribution in [0.3, 0.4) is 0 Å². The Morgan fingerprint density at radius 1 is 1.02 bits per heavy atom. The molecule has 2 aliphatic heterocycles. The zero-order valence-electron chi connectivity index (χ0n) is 24.5. The smallest absolute Gasteiger partial charge is 0.291 e. The Balaban J connectivity index is 1.27. The fourth-order valence-corrected chi connectivity index (χ4v) is 6.57. The molecule has 0 aliphatic carbocycles. The Bertz CT molecular complexity index is 1710. The van der Waals surface area contributed by atoms with Crippen LogP contribution in [0.15, 0.2) is 48.5 Å². The topological polar surface area (TPSA) is 75.5 Å². The lowest BCUT2D eigenvalue weighted by molar-refractivity contribution is -0.0230. The maximum Gasteiger partial charge on any atom is 0.291 e. The van der Waals surface area contributed by atoms with Gasteiger partial charge in [0.15, 0.2) is 5.82 Å². The lowest BCUT2D eigenvalue weighted by atomic mass is 9.98. The predicted octanol–water partition coefficient (Wildman–Crippen LogP) is 6.25. The average Bonchev–Trinajstić information content (AvgIpc) is 3.29. The summed E-state index contributed by atoms with van der Waals surface area (Å²) >= 11 is 13.9. The minimum absolute atomic E-state index is 0.329. The van der Waals surface area contributed by atoms with Gasteiger partial charge in [-0.2, -0.15) is 0 Å². The monoisotopic (exact) mass is 622 g/mol. The number of nitrogens with zero attached hydrogens (tertiary/aromatic N) is 5. The highest BCUT2D eigenvalue weighted by Gasteiger charge is 2.38. The number of carbonyl (C=O) groups is 1. The number of amides is 1. The molecule has 8 nitrogen and oxygen atoms in total. The number of ether oxygens (including phenoxy) is 1. The minimum atomic E-state index is -1.15. The number of fused-ring (bicyclic) bond motifs is 1. The van der Waals surface area contributed by atoms with Crippen LogP contribution in [0.1, 0.15) is 34.5 Å². The first-order valence-corrected chi connectivity index (χ1v) is 14.9. The van der Waals surface area contributed by atoms with E-state index in [1.54, 1.807) is 20.1 Å². The lowest BCUT2D eigenvalue weighted by Gasteiger charge is -2.42. The molecule has 4 aromatic rings. The van der Waals surface area contributed by atoms with Gasteiger partial charge in [0.2, 0.25) is 5.88 Å². The standard InChI is InChI=1S/C32H33Cl2FN6O2/c1-32(35)17-41(18-32)15-19-11-12-23(38-31(19)43-4)22-9-5-7-20(27(22)33)21-8-6-10-24(28(21)34)37-30(42)29-36-25-16-39(2)14-13-26(25)40(29)3/h5-12H,13-18H2,1-4H3,(H,37,42). The molecule has 0 spiro atoms. The largest absolute Gasteiger partial charge is 0.481 e. The Morgan fingerprint density at radius 2 is 1.72 bits per heavy atom. The third-order valence-electron chi connectivity index (χ3n) is 8.09. The summed E-state index contributed by atoms with van der Waals surface area (Å²) in [6.45, 7) is 4.56. The second-order valence-corrected chi connectivity index (χ2v) is 12.3. The van der Waals surface area contributed by atoms with Crippen LogP contribution in [0.2, 0.25) is 10.0 Å². The van der Waals surface area contributed by atoms with Crippen molar-refractivity contribution >= 4 is 34.8 Å². The Morgan fingerprint density at radius 3 is 2.44 bits per heavy atom. The molecule has 1 saturated heterocycles. The molecule has 2 aromatic carbocycles. The Hall–Kier alpha value is -3.50. The van der Waals surface area contributed by atoms with Gasteiger partial charge in [-0.15, -0.1) is 0 Å². The van der Waals surface area contributed by atoms with Crippen molar-refractivity contribution in [1.29, 1.82) is 0 Å². The summed E-state index contributed by atoms with van der Waals surface area (Å²) < 4.78 is 21.4. The number of likely N-dealkylation sites (tertiary alicyclic amines) is 1. The quantitative estimate of drug-likeness (QED) is 0.263. The molecule has 1 N–H and O–H groups in total. The van der Waals surface area contributed by atoms with Crippen molar-refractivity contribution < 1.29 is 13.9 Å². The first-order valence-electron chi connectivity index (χ1n) is 14.1. The third-order valence-corrected chi connectivity index (χ3v) is 8.91. The SMILES string of the molecule is COc1nc(-c2cccc(-c3cccc(NC(=O)c4nc5c(n4C)CCN(C)C5)c3Cl)c2Cl)ccc1CN1CC(C)(F)C1. The molecule has 0 radical (unpaired) electrons. The fourth-order valence-electron chi connectivity index (χ4n) is 5.97. The molecule has 0 unspecified atom stereocenters. The van der Waals surface area contributed by atoms with Crippen LogP contribution in [0.4, 0.5) is 10.1 Å². The average molecular weight is 624 g/mol. The number of alkyl halides is 1. The van der Waals surface area contributed by atoms with Gasteiger partial charge in [0, 0.05) is 74.1 Å². The summed E-state index contributed by atoms with van der Waals surface area (Å²) in [5.41, 5.74) is 4.90. The van der Waals surface area contributed by atoms with Crippen molar-refractivity contribution in [3.05, 3.63) is 81.4 Å². The molecule has 0 saturated carbocycles. The van der Waals surface area contributed by atoms with E-state index >= 15 is 0 Å². The summed E-state index contributed by atoms with van der Waals surface area (Å²) in [5, 5.41) is 3.78. The van der Waals surface area contributed by atoms with E-state index in [4.69, 9.17) is 32.9 Å². The number of hydrogen-bond acceptors (Lipinski definition) is 6. The molecule has 2 aromatic heterocycles. The molecule has 0 atom stereocenters. The van der Waals surface area contributed by atoms with Crippen LogP contribution in [-0.2, 0) is 26.6 Å². The number of likely N-dealkylation sites (N-methyl/N-ethyl adjacent to an activating group) is 1. The number of nitrogens with one attached hydrogen (secondary N) is 1. The van der Waals surface area contributed by atoms with E-state index < -0.39 is 5.67 Å². The number of rotatable bonds is 7. The number of carbonyl (C=O) groups excluding carboxylic acids is 1. The van der Waals surface area contributed by atoms with Crippen molar-refractivity contribution in [2.75, 3.05) is 39.1 Å². The molecular weight excluding hydrogens is 590 g/mol. The highest BCUT2D eigenvalue weighted by atomic mass is 35.5. The Kier molecular flexibility index (Phi) is 7.93. The number of imidazole rings is 1. The van der Waals surface area contributed by atoms with Crippen LogP contribution < -0.4 is 10.1 Å². The molecule has 1 fully saturated rings. The van der Waals surface area contributed by atoms with Gasteiger partial charge in [-0.05, 0) is 26.1 Å². The summed E-state index contributed by atoms with van der Waals surface area (Å²) in [7, 11) is 5.48. The molecule has 43 heavy (non-hydrogen) atoms.